The minimum Gasteiger partial charge on any atom is -0.393 e. The van der Waals surface area contributed by atoms with Gasteiger partial charge >= 0.3 is 6.03 Å². The van der Waals surface area contributed by atoms with Gasteiger partial charge in [-0.25, -0.2) is 9.18 Å². The number of rotatable bonds is 6. The van der Waals surface area contributed by atoms with Crippen LogP contribution in [0.3, 0.4) is 0 Å². The van der Waals surface area contributed by atoms with Crippen molar-refractivity contribution in [3.8, 4) is 0 Å². The molecule has 0 unspecified atom stereocenters. The Morgan fingerprint density at radius 2 is 1.88 bits per heavy atom. The lowest BCUT2D eigenvalue weighted by Gasteiger charge is -2.31. The van der Waals surface area contributed by atoms with Crippen LogP contribution in [-0.4, -0.2) is 40.2 Å². The van der Waals surface area contributed by atoms with Gasteiger partial charge in [0.15, 0.2) is 0 Å². The first-order chi connectivity index (χ1) is 15.9. The largest absolute Gasteiger partial charge is 0.393 e. The number of aliphatic hydroxyl groups excluding tert-OH is 1. The molecule has 0 atom stereocenters. The molecule has 0 aliphatic heterocycles. The van der Waals surface area contributed by atoms with Crippen molar-refractivity contribution in [1.82, 2.24) is 9.88 Å². The number of halogens is 2. The highest BCUT2D eigenvalue weighted by molar-refractivity contribution is 6.31. The van der Waals surface area contributed by atoms with Crippen molar-refractivity contribution in [2.24, 2.45) is 5.92 Å². The second-order valence-corrected chi connectivity index (χ2v) is 9.03. The second kappa shape index (κ2) is 10.4. The molecule has 3 aromatic rings. The van der Waals surface area contributed by atoms with Gasteiger partial charge in [0.2, 0.25) is 0 Å². The SMILES string of the molecule is O=C(Nc1ccc(F)c(Cl)c1)N(CCc1c[nH]c(=O)c2ccccc12)CC1CCC(O)CC1. The Bertz CT molecular complexity index is 1190. The summed E-state index contributed by atoms with van der Waals surface area (Å²) in [6, 6.07) is 11.2. The minimum atomic E-state index is -0.544. The quantitative estimate of drug-likeness (QED) is 0.475. The monoisotopic (exact) mass is 471 g/mol. The summed E-state index contributed by atoms with van der Waals surface area (Å²) in [4.78, 5) is 29.8. The highest BCUT2D eigenvalue weighted by atomic mass is 35.5. The first kappa shape index (κ1) is 23.3. The molecule has 1 aliphatic carbocycles. The van der Waals surface area contributed by atoms with E-state index < -0.39 is 5.82 Å². The lowest BCUT2D eigenvalue weighted by Crippen LogP contribution is -2.41. The predicted octanol–water partition coefficient (Wildman–Crippen LogP) is 4.95. The minimum absolute atomic E-state index is 0.0553. The number of benzene rings is 2. The number of aromatic amines is 1. The van der Waals surface area contributed by atoms with Gasteiger partial charge in [0, 0.05) is 30.4 Å². The predicted molar refractivity (Wildman–Crippen MR) is 128 cm³/mol. The summed E-state index contributed by atoms with van der Waals surface area (Å²) in [5.74, 6) is -0.250. The van der Waals surface area contributed by atoms with Gasteiger partial charge in [0.05, 0.1) is 11.1 Å². The highest BCUT2D eigenvalue weighted by Crippen LogP contribution is 2.26. The normalized spacial score (nSPS) is 18.3. The van der Waals surface area contributed by atoms with E-state index in [1.807, 2.05) is 18.2 Å². The molecule has 1 aromatic heterocycles. The van der Waals surface area contributed by atoms with Gasteiger partial charge in [-0.15, -0.1) is 0 Å². The number of nitrogens with one attached hydrogen (secondary N) is 2. The van der Waals surface area contributed by atoms with Crippen molar-refractivity contribution < 1.29 is 14.3 Å². The Balaban J connectivity index is 1.52. The van der Waals surface area contributed by atoms with Crippen molar-refractivity contribution >= 4 is 34.1 Å². The third-order valence-corrected chi connectivity index (χ3v) is 6.59. The van der Waals surface area contributed by atoms with Gasteiger partial charge in [0.25, 0.3) is 5.56 Å². The summed E-state index contributed by atoms with van der Waals surface area (Å²) in [6.45, 7) is 0.991. The number of fused-ring (bicyclic) bond motifs is 1. The molecule has 4 rings (SSSR count). The highest BCUT2D eigenvalue weighted by Gasteiger charge is 2.24. The number of carbonyl (C=O) groups excluding carboxylic acids is 1. The van der Waals surface area contributed by atoms with E-state index in [1.165, 1.54) is 18.2 Å². The molecule has 174 valence electrons. The number of amides is 2. The van der Waals surface area contributed by atoms with E-state index in [-0.39, 0.29) is 22.7 Å². The standard InChI is InChI=1S/C25H27ClFN3O3/c26-22-13-18(7-10-23(22)27)29-25(33)30(15-16-5-8-19(31)9-6-16)12-11-17-14-28-24(32)21-4-2-1-3-20(17)21/h1-4,7,10,13-14,16,19,31H,5-6,8-9,11-12,15H2,(H,28,32)(H,29,33). The van der Waals surface area contributed by atoms with Crippen LogP contribution in [0, 0.1) is 11.7 Å². The molecule has 2 amide bonds. The number of aromatic nitrogens is 1. The maximum Gasteiger partial charge on any atom is 0.321 e. The zero-order valence-electron chi connectivity index (χ0n) is 18.2. The number of hydrogen-bond donors (Lipinski definition) is 3. The molecule has 33 heavy (non-hydrogen) atoms. The van der Waals surface area contributed by atoms with E-state index in [4.69, 9.17) is 11.6 Å². The van der Waals surface area contributed by atoms with Crippen LogP contribution in [0.5, 0.6) is 0 Å². The fourth-order valence-corrected chi connectivity index (χ4v) is 4.60. The van der Waals surface area contributed by atoms with E-state index in [9.17, 15) is 19.1 Å². The molecule has 2 aromatic carbocycles. The number of carbonyl (C=O) groups is 1. The number of H-pyrrole nitrogens is 1. The van der Waals surface area contributed by atoms with Crippen molar-refractivity contribution in [2.75, 3.05) is 18.4 Å². The van der Waals surface area contributed by atoms with Gasteiger partial charge < -0.3 is 20.3 Å². The zero-order chi connectivity index (χ0) is 23.4. The Labute approximate surface area is 196 Å². The van der Waals surface area contributed by atoms with Crippen molar-refractivity contribution in [2.45, 2.75) is 38.2 Å². The number of anilines is 1. The molecule has 1 heterocycles. The van der Waals surface area contributed by atoms with E-state index in [0.717, 1.165) is 36.6 Å². The third kappa shape index (κ3) is 5.72. The lowest BCUT2D eigenvalue weighted by atomic mass is 9.87. The van der Waals surface area contributed by atoms with Crippen LogP contribution in [0.15, 0.2) is 53.5 Å². The second-order valence-electron chi connectivity index (χ2n) is 8.62. The van der Waals surface area contributed by atoms with Crippen LogP contribution in [0.4, 0.5) is 14.9 Å². The van der Waals surface area contributed by atoms with Crippen molar-refractivity contribution in [3.63, 3.8) is 0 Å². The molecule has 1 aliphatic rings. The molecular weight excluding hydrogens is 445 g/mol. The van der Waals surface area contributed by atoms with Gasteiger partial charge in [-0.2, -0.15) is 0 Å². The average Bonchev–Trinajstić information content (AvgIpc) is 2.81. The number of hydrogen-bond acceptors (Lipinski definition) is 3. The third-order valence-electron chi connectivity index (χ3n) is 6.30. The maximum absolute atomic E-state index is 13.5. The molecule has 1 saturated carbocycles. The molecule has 6 nitrogen and oxygen atoms in total. The van der Waals surface area contributed by atoms with Crippen molar-refractivity contribution in [1.29, 1.82) is 0 Å². The van der Waals surface area contributed by atoms with Crippen LogP contribution in [0.1, 0.15) is 31.2 Å². The Hall–Kier alpha value is -2.90. The van der Waals surface area contributed by atoms with E-state index in [1.54, 1.807) is 17.2 Å². The molecular formula is C25H27ClFN3O3. The fourth-order valence-electron chi connectivity index (χ4n) is 4.42. The first-order valence-corrected chi connectivity index (χ1v) is 11.6. The summed E-state index contributed by atoms with van der Waals surface area (Å²) < 4.78 is 13.5. The van der Waals surface area contributed by atoms with Gasteiger partial charge in [-0.05, 0) is 73.2 Å². The summed E-state index contributed by atoms with van der Waals surface area (Å²) >= 11 is 5.86. The Kier molecular flexibility index (Phi) is 7.30. The van der Waals surface area contributed by atoms with Crippen LogP contribution < -0.4 is 10.9 Å². The van der Waals surface area contributed by atoms with Gasteiger partial charge in [-0.3, -0.25) is 4.79 Å². The Morgan fingerprint density at radius 1 is 1.15 bits per heavy atom. The van der Waals surface area contributed by atoms with Crippen LogP contribution >= 0.6 is 11.6 Å². The van der Waals surface area contributed by atoms with E-state index >= 15 is 0 Å². The van der Waals surface area contributed by atoms with Gasteiger partial charge in [-0.1, -0.05) is 29.8 Å². The lowest BCUT2D eigenvalue weighted by molar-refractivity contribution is 0.0987. The topological polar surface area (TPSA) is 85.4 Å². The number of nitrogens with zero attached hydrogens (tertiary/aromatic N) is 1. The van der Waals surface area contributed by atoms with E-state index in [0.29, 0.717) is 36.5 Å². The summed E-state index contributed by atoms with van der Waals surface area (Å²) in [5, 5.41) is 14.1. The molecule has 0 bridgehead atoms. The molecule has 0 radical (unpaired) electrons. The first-order valence-electron chi connectivity index (χ1n) is 11.2. The van der Waals surface area contributed by atoms with Gasteiger partial charge in [0.1, 0.15) is 5.82 Å². The molecule has 0 spiro atoms. The van der Waals surface area contributed by atoms with Crippen LogP contribution in [0.2, 0.25) is 5.02 Å². The number of aliphatic hydroxyl groups is 1. The maximum atomic E-state index is 13.5. The molecule has 8 heteroatoms. The Morgan fingerprint density at radius 3 is 2.61 bits per heavy atom. The molecule has 3 N–H and O–H groups in total. The zero-order valence-corrected chi connectivity index (χ0v) is 18.9. The fraction of sp³-hybridized carbons (Fsp3) is 0.360. The summed E-state index contributed by atoms with van der Waals surface area (Å²) in [5.41, 5.74) is 1.23. The average molecular weight is 472 g/mol. The van der Waals surface area contributed by atoms with Crippen LogP contribution in [-0.2, 0) is 6.42 Å². The van der Waals surface area contributed by atoms with Crippen LogP contribution in [0.25, 0.3) is 10.8 Å². The number of urea groups is 1. The summed E-state index contributed by atoms with van der Waals surface area (Å²) in [6.07, 6.45) is 5.18. The smallest absolute Gasteiger partial charge is 0.321 e. The molecule has 1 fully saturated rings. The number of pyridine rings is 1. The van der Waals surface area contributed by atoms with Crippen molar-refractivity contribution in [3.05, 3.63) is 75.4 Å². The summed E-state index contributed by atoms with van der Waals surface area (Å²) in [7, 11) is 0. The van der Waals surface area contributed by atoms with E-state index in [2.05, 4.69) is 10.3 Å². The molecule has 0 saturated heterocycles.